The van der Waals surface area contributed by atoms with Crippen LogP contribution in [0.4, 0.5) is 8.78 Å². The Balaban J connectivity index is 2.10. The monoisotopic (exact) mass is 286 g/mol. The zero-order valence-corrected chi connectivity index (χ0v) is 11.0. The van der Waals surface area contributed by atoms with Crippen molar-refractivity contribution in [1.82, 2.24) is 4.98 Å². The Bertz CT molecular complexity index is 785. The van der Waals surface area contributed by atoms with E-state index in [0.717, 1.165) is 29.0 Å². The van der Waals surface area contributed by atoms with Crippen molar-refractivity contribution in [3.05, 3.63) is 65.9 Å². The summed E-state index contributed by atoms with van der Waals surface area (Å²) in [7, 11) is 0. The van der Waals surface area contributed by atoms with Crippen molar-refractivity contribution >= 4 is 10.8 Å². The lowest BCUT2D eigenvalue weighted by molar-refractivity contribution is 0.455. The maximum Gasteiger partial charge on any atom is 0.227 e. The molecular formula is C16H12F2N2O. The van der Waals surface area contributed by atoms with Crippen molar-refractivity contribution in [2.45, 2.75) is 6.54 Å². The summed E-state index contributed by atoms with van der Waals surface area (Å²) < 4.78 is 32.0. The van der Waals surface area contributed by atoms with Gasteiger partial charge in [0.15, 0.2) is 0 Å². The highest BCUT2D eigenvalue weighted by atomic mass is 19.1. The molecule has 3 aromatic rings. The molecular weight excluding hydrogens is 274 g/mol. The Labute approximate surface area is 120 Å². The van der Waals surface area contributed by atoms with Gasteiger partial charge in [0.05, 0.1) is 5.69 Å². The van der Waals surface area contributed by atoms with Gasteiger partial charge >= 0.3 is 0 Å². The van der Waals surface area contributed by atoms with Crippen molar-refractivity contribution in [1.29, 1.82) is 0 Å². The molecule has 0 bridgehead atoms. The molecule has 0 saturated heterocycles. The number of nitrogens with two attached hydrogens (primary N) is 1. The standard InChI is InChI=1S/C16H12F2N2O/c17-11-6-12(18)8-14(7-11)21-16-15-4-2-1-3-10(15)5-13(9-19)20-16/h1-8H,9,19H2. The van der Waals surface area contributed by atoms with Gasteiger partial charge in [-0.05, 0) is 17.5 Å². The van der Waals surface area contributed by atoms with Crippen molar-refractivity contribution < 1.29 is 13.5 Å². The summed E-state index contributed by atoms with van der Waals surface area (Å²) >= 11 is 0. The van der Waals surface area contributed by atoms with Gasteiger partial charge < -0.3 is 10.5 Å². The quantitative estimate of drug-likeness (QED) is 0.797. The largest absolute Gasteiger partial charge is 0.438 e. The summed E-state index contributed by atoms with van der Waals surface area (Å²) in [6, 6.07) is 12.3. The van der Waals surface area contributed by atoms with Gasteiger partial charge in [-0.3, -0.25) is 0 Å². The fourth-order valence-corrected chi connectivity index (χ4v) is 2.10. The van der Waals surface area contributed by atoms with E-state index in [-0.39, 0.29) is 18.2 Å². The van der Waals surface area contributed by atoms with Crippen LogP contribution in [0.25, 0.3) is 10.8 Å². The molecule has 0 radical (unpaired) electrons. The van der Waals surface area contributed by atoms with Gasteiger partial charge in [-0.15, -0.1) is 0 Å². The summed E-state index contributed by atoms with van der Waals surface area (Å²) in [4.78, 5) is 4.28. The van der Waals surface area contributed by atoms with Crippen LogP contribution in [0.3, 0.4) is 0 Å². The van der Waals surface area contributed by atoms with Crippen LogP contribution in [-0.4, -0.2) is 4.98 Å². The predicted octanol–water partition coefficient (Wildman–Crippen LogP) is 3.76. The Morgan fingerprint density at radius 2 is 1.71 bits per heavy atom. The van der Waals surface area contributed by atoms with E-state index in [1.165, 1.54) is 0 Å². The summed E-state index contributed by atoms with van der Waals surface area (Å²) in [5.74, 6) is -1.08. The molecule has 5 heteroatoms. The maximum absolute atomic E-state index is 13.2. The first-order valence-corrected chi connectivity index (χ1v) is 6.38. The number of ether oxygens (including phenoxy) is 1. The number of fused-ring (bicyclic) bond motifs is 1. The van der Waals surface area contributed by atoms with Gasteiger partial charge in [-0.2, -0.15) is 0 Å². The summed E-state index contributed by atoms with van der Waals surface area (Å²) in [6.45, 7) is 0.249. The van der Waals surface area contributed by atoms with E-state index in [1.54, 1.807) is 0 Å². The van der Waals surface area contributed by atoms with Gasteiger partial charge in [-0.25, -0.2) is 13.8 Å². The van der Waals surface area contributed by atoms with E-state index < -0.39 is 11.6 Å². The highest BCUT2D eigenvalue weighted by Gasteiger charge is 2.09. The van der Waals surface area contributed by atoms with Crippen LogP contribution >= 0.6 is 0 Å². The minimum atomic E-state index is -0.704. The van der Waals surface area contributed by atoms with Crippen molar-refractivity contribution in [3.8, 4) is 11.6 Å². The molecule has 3 rings (SSSR count). The third-order valence-electron chi connectivity index (χ3n) is 3.02. The summed E-state index contributed by atoms with van der Waals surface area (Å²) in [5.41, 5.74) is 6.25. The highest BCUT2D eigenvalue weighted by Crippen LogP contribution is 2.29. The van der Waals surface area contributed by atoms with Gasteiger partial charge in [-0.1, -0.05) is 18.2 Å². The van der Waals surface area contributed by atoms with Gasteiger partial charge in [0, 0.05) is 30.1 Å². The minimum Gasteiger partial charge on any atom is -0.438 e. The van der Waals surface area contributed by atoms with E-state index in [2.05, 4.69) is 4.98 Å². The van der Waals surface area contributed by atoms with Crippen molar-refractivity contribution in [2.75, 3.05) is 0 Å². The molecule has 0 aliphatic rings. The zero-order chi connectivity index (χ0) is 14.8. The smallest absolute Gasteiger partial charge is 0.227 e. The van der Waals surface area contributed by atoms with E-state index >= 15 is 0 Å². The molecule has 2 aromatic carbocycles. The molecule has 0 spiro atoms. The second-order valence-corrected chi connectivity index (χ2v) is 4.55. The number of pyridine rings is 1. The number of aromatic nitrogens is 1. The Morgan fingerprint density at radius 3 is 2.43 bits per heavy atom. The van der Waals surface area contributed by atoms with Gasteiger partial charge in [0.2, 0.25) is 5.88 Å². The van der Waals surface area contributed by atoms with E-state index in [1.807, 2.05) is 30.3 Å². The lowest BCUT2D eigenvalue weighted by Gasteiger charge is -2.10. The molecule has 3 nitrogen and oxygen atoms in total. The first-order valence-electron chi connectivity index (χ1n) is 6.38. The van der Waals surface area contributed by atoms with E-state index in [4.69, 9.17) is 10.5 Å². The molecule has 21 heavy (non-hydrogen) atoms. The number of rotatable bonds is 3. The molecule has 0 unspecified atom stereocenters. The summed E-state index contributed by atoms with van der Waals surface area (Å²) in [6.07, 6.45) is 0. The first-order chi connectivity index (χ1) is 10.2. The zero-order valence-electron chi connectivity index (χ0n) is 11.0. The summed E-state index contributed by atoms with van der Waals surface area (Å²) in [5, 5.41) is 1.65. The Kier molecular flexibility index (Phi) is 3.50. The van der Waals surface area contributed by atoms with Crippen molar-refractivity contribution in [3.63, 3.8) is 0 Å². The van der Waals surface area contributed by atoms with Crippen molar-refractivity contribution in [2.24, 2.45) is 5.73 Å². The molecule has 0 saturated carbocycles. The fourth-order valence-electron chi connectivity index (χ4n) is 2.10. The molecule has 1 heterocycles. The van der Waals surface area contributed by atoms with Crippen LogP contribution in [0.1, 0.15) is 5.69 Å². The lowest BCUT2D eigenvalue weighted by atomic mass is 10.1. The fraction of sp³-hybridized carbons (Fsp3) is 0.0625. The van der Waals surface area contributed by atoms with Crippen LogP contribution in [-0.2, 0) is 6.54 Å². The third kappa shape index (κ3) is 2.83. The SMILES string of the molecule is NCc1cc2ccccc2c(Oc2cc(F)cc(F)c2)n1. The second kappa shape index (κ2) is 5.46. The molecule has 0 amide bonds. The first kappa shape index (κ1) is 13.5. The number of halogens is 2. The van der Waals surface area contributed by atoms with E-state index in [0.29, 0.717) is 5.69 Å². The van der Waals surface area contributed by atoms with E-state index in [9.17, 15) is 8.78 Å². The molecule has 0 atom stereocenters. The number of hydrogen-bond acceptors (Lipinski definition) is 3. The maximum atomic E-state index is 13.2. The lowest BCUT2D eigenvalue weighted by Crippen LogP contribution is -2.01. The average Bonchev–Trinajstić information content (AvgIpc) is 2.46. The van der Waals surface area contributed by atoms with Crippen LogP contribution < -0.4 is 10.5 Å². The molecule has 0 aliphatic carbocycles. The van der Waals surface area contributed by atoms with Crippen LogP contribution in [0.2, 0.25) is 0 Å². The molecule has 0 fully saturated rings. The molecule has 106 valence electrons. The average molecular weight is 286 g/mol. The van der Waals surface area contributed by atoms with Gasteiger partial charge in [0.25, 0.3) is 0 Å². The number of hydrogen-bond donors (Lipinski definition) is 1. The Morgan fingerprint density at radius 1 is 1.00 bits per heavy atom. The Hall–Kier alpha value is -2.53. The highest BCUT2D eigenvalue weighted by molar-refractivity contribution is 5.87. The van der Waals surface area contributed by atoms with Crippen LogP contribution in [0.15, 0.2) is 48.5 Å². The topological polar surface area (TPSA) is 48.1 Å². The number of benzene rings is 2. The third-order valence-corrected chi connectivity index (χ3v) is 3.02. The normalized spacial score (nSPS) is 10.8. The molecule has 1 aromatic heterocycles. The number of nitrogens with zero attached hydrogens (tertiary/aromatic N) is 1. The van der Waals surface area contributed by atoms with Gasteiger partial charge in [0.1, 0.15) is 17.4 Å². The van der Waals surface area contributed by atoms with Crippen LogP contribution in [0.5, 0.6) is 11.6 Å². The van der Waals surface area contributed by atoms with Crippen LogP contribution in [0, 0.1) is 11.6 Å². The minimum absolute atomic E-state index is 0.0549. The predicted molar refractivity (Wildman–Crippen MR) is 76.1 cm³/mol. The molecule has 2 N–H and O–H groups in total. The second-order valence-electron chi connectivity index (χ2n) is 4.55. The molecule has 0 aliphatic heterocycles.